The van der Waals surface area contributed by atoms with Crippen molar-refractivity contribution in [2.24, 2.45) is 0 Å². The highest BCUT2D eigenvalue weighted by atomic mass is 35.5. The number of nitrogens with zero attached hydrogens (tertiary/aromatic N) is 2. The molecular formula is C29H26ClF3N4O. The molecule has 1 amide bonds. The summed E-state index contributed by atoms with van der Waals surface area (Å²) in [6.45, 7) is 6.53. The highest BCUT2D eigenvalue weighted by molar-refractivity contribution is 6.35. The highest BCUT2D eigenvalue weighted by Gasteiger charge is 2.29. The molecule has 4 aromatic rings. The summed E-state index contributed by atoms with van der Waals surface area (Å²) >= 11 is 6.12. The van der Waals surface area contributed by atoms with Crippen LogP contribution in [0.3, 0.4) is 0 Å². The number of halogens is 4. The van der Waals surface area contributed by atoms with Gasteiger partial charge >= 0.3 is 0 Å². The molecule has 0 spiro atoms. The molecule has 5 nitrogen and oxygen atoms in total. The number of rotatable bonds is 7. The van der Waals surface area contributed by atoms with E-state index in [1.54, 1.807) is 30.5 Å². The van der Waals surface area contributed by atoms with Crippen LogP contribution in [0.5, 0.6) is 0 Å². The molecule has 2 aromatic carbocycles. The standard InChI is InChI=1S/C29H26ClF3N4O/c1-16(2)37-7-3-4-26(37)21-6-5-18(27(32)28(21)33)8-17-9-20(13-34-12-17)29(38)36-14-19-10-22-23(30)15-35-25(22)11-24(19)31/h5-6,9-13,15,26,35H,1,3-4,7-8,14H2,2H3,(H,36,38). The lowest BCUT2D eigenvalue weighted by Gasteiger charge is -2.27. The summed E-state index contributed by atoms with van der Waals surface area (Å²) in [6.07, 6.45) is 6.13. The molecule has 1 saturated heterocycles. The van der Waals surface area contributed by atoms with Crippen LogP contribution in [0.25, 0.3) is 10.9 Å². The van der Waals surface area contributed by atoms with Gasteiger partial charge in [-0.25, -0.2) is 13.2 Å². The number of likely N-dealkylation sites (tertiary alicyclic amines) is 1. The topological polar surface area (TPSA) is 61.0 Å². The number of aromatic nitrogens is 2. The van der Waals surface area contributed by atoms with Crippen molar-refractivity contribution in [1.82, 2.24) is 20.2 Å². The maximum atomic E-state index is 15.1. The number of benzene rings is 2. The fraction of sp³-hybridized carbons (Fsp3) is 0.241. The van der Waals surface area contributed by atoms with Gasteiger partial charge in [0.25, 0.3) is 5.91 Å². The third-order valence-electron chi connectivity index (χ3n) is 6.98. The predicted molar refractivity (Wildman–Crippen MR) is 141 cm³/mol. The number of amides is 1. The molecule has 0 bridgehead atoms. The first-order valence-electron chi connectivity index (χ1n) is 12.3. The third kappa shape index (κ3) is 5.00. The van der Waals surface area contributed by atoms with E-state index in [-0.39, 0.29) is 35.7 Å². The lowest BCUT2D eigenvalue weighted by molar-refractivity contribution is 0.0950. The Balaban J connectivity index is 1.30. The van der Waals surface area contributed by atoms with E-state index in [4.69, 9.17) is 11.6 Å². The molecule has 1 aliphatic heterocycles. The Morgan fingerprint density at radius 3 is 2.79 bits per heavy atom. The Bertz CT molecular complexity index is 1550. The van der Waals surface area contributed by atoms with Crippen molar-refractivity contribution >= 4 is 28.4 Å². The summed E-state index contributed by atoms with van der Waals surface area (Å²) in [5, 5.41) is 3.79. The van der Waals surface area contributed by atoms with Crippen LogP contribution < -0.4 is 5.32 Å². The minimum atomic E-state index is -0.903. The van der Waals surface area contributed by atoms with E-state index < -0.39 is 23.4 Å². The van der Waals surface area contributed by atoms with Gasteiger partial charge in [-0.3, -0.25) is 9.78 Å². The van der Waals surface area contributed by atoms with Crippen LogP contribution in [0.4, 0.5) is 13.2 Å². The van der Waals surface area contributed by atoms with E-state index in [2.05, 4.69) is 21.9 Å². The first-order chi connectivity index (χ1) is 18.2. The second kappa shape index (κ2) is 10.5. The molecule has 1 atom stereocenters. The number of aromatic amines is 1. The SMILES string of the molecule is C=C(C)N1CCCC1c1ccc(Cc2cncc(C(=O)NCc3cc4c(Cl)c[nH]c4cc3F)c2)c(F)c1F. The summed E-state index contributed by atoms with van der Waals surface area (Å²) < 4.78 is 44.6. The van der Waals surface area contributed by atoms with Gasteiger partial charge in [-0.1, -0.05) is 30.3 Å². The number of pyridine rings is 1. The van der Waals surface area contributed by atoms with Gasteiger partial charge in [0.1, 0.15) is 5.82 Å². The van der Waals surface area contributed by atoms with Crippen LogP contribution in [0.2, 0.25) is 5.02 Å². The average Bonchev–Trinajstić information content (AvgIpc) is 3.52. The van der Waals surface area contributed by atoms with Crippen molar-refractivity contribution < 1.29 is 18.0 Å². The normalized spacial score (nSPS) is 15.3. The second-order valence-electron chi connectivity index (χ2n) is 9.60. The summed E-state index contributed by atoms with van der Waals surface area (Å²) in [6, 6.07) is 7.46. The average molecular weight is 539 g/mol. The van der Waals surface area contributed by atoms with Gasteiger partial charge < -0.3 is 15.2 Å². The monoisotopic (exact) mass is 538 g/mol. The first-order valence-corrected chi connectivity index (χ1v) is 12.7. The molecule has 0 aliphatic carbocycles. The first kappa shape index (κ1) is 25.9. The van der Waals surface area contributed by atoms with Gasteiger partial charge in [0.05, 0.1) is 16.6 Å². The second-order valence-corrected chi connectivity index (χ2v) is 10.0. The third-order valence-corrected chi connectivity index (χ3v) is 7.30. The van der Waals surface area contributed by atoms with Crippen LogP contribution in [0, 0.1) is 17.5 Å². The fourth-order valence-corrected chi connectivity index (χ4v) is 5.25. The molecule has 2 N–H and O–H groups in total. The lowest BCUT2D eigenvalue weighted by atomic mass is 9.98. The molecule has 5 rings (SSSR count). The molecule has 38 heavy (non-hydrogen) atoms. The van der Waals surface area contributed by atoms with E-state index in [0.29, 0.717) is 27.1 Å². The Labute approximate surface area is 223 Å². The molecule has 3 heterocycles. The molecule has 0 radical (unpaired) electrons. The molecular weight excluding hydrogens is 513 g/mol. The van der Waals surface area contributed by atoms with E-state index >= 15 is 8.78 Å². The fourth-order valence-electron chi connectivity index (χ4n) is 5.04. The van der Waals surface area contributed by atoms with Gasteiger partial charge in [-0.15, -0.1) is 0 Å². The van der Waals surface area contributed by atoms with E-state index in [9.17, 15) is 9.18 Å². The van der Waals surface area contributed by atoms with Crippen molar-refractivity contribution in [1.29, 1.82) is 0 Å². The maximum Gasteiger partial charge on any atom is 0.253 e. The summed E-state index contributed by atoms with van der Waals surface area (Å²) in [4.78, 5) is 21.7. The van der Waals surface area contributed by atoms with Gasteiger partial charge in [0, 0.05) is 65.8 Å². The zero-order valence-corrected chi connectivity index (χ0v) is 21.5. The quantitative estimate of drug-likeness (QED) is 0.271. The number of hydrogen-bond acceptors (Lipinski definition) is 3. The molecule has 1 unspecified atom stereocenters. The summed E-state index contributed by atoms with van der Waals surface area (Å²) in [5.41, 5.74) is 2.93. The summed E-state index contributed by atoms with van der Waals surface area (Å²) in [7, 11) is 0. The Morgan fingerprint density at radius 1 is 1.18 bits per heavy atom. The smallest absolute Gasteiger partial charge is 0.253 e. The van der Waals surface area contributed by atoms with Crippen LogP contribution in [-0.2, 0) is 13.0 Å². The molecule has 1 fully saturated rings. The number of carbonyl (C=O) groups excluding carboxylic acids is 1. The zero-order chi connectivity index (χ0) is 27.0. The molecule has 2 aromatic heterocycles. The van der Waals surface area contributed by atoms with Crippen molar-refractivity contribution in [3.8, 4) is 0 Å². The van der Waals surface area contributed by atoms with Crippen LogP contribution >= 0.6 is 11.6 Å². The maximum absolute atomic E-state index is 15.1. The molecule has 196 valence electrons. The van der Waals surface area contributed by atoms with E-state index in [0.717, 1.165) is 25.1 Å². The number of H-pyrrole nitrogens is 1. The Kier molecular flexibility index (Phi) is 7.17. The van der Waals surface area contributed by atoms with Crippen LogP contribution in [0.1, 0.15) is 58.4 Å². The highest BCUT2D eigenvalue weighted by Crippen LogP contribution is 2.37. The van der Waals surface area contributed by atoms with Gasteiger partial charge in [0.15, 0.2) is 11.6 Å². The number of fused-ring (bicyclic) bond motifs is 1. The van der Waals surface area contributed by atoms with Gasteiger partial charge in [-0.2, -0.15) is 0 Å². The molecule has 0 saturated carbocycles. The minimum Gasteiger partial charge on any atom is -0.368 e. The van der Waals surface area contributed by atoms with Crippen molar-refractivity contribution in [2.45, 2.75) is 38.8 Å². The van der Waals surface area contributed by atoms with Crippen LogP contribution in [0.15, 0.2) is 61.2 Å². The number of allylic oxidation sites excluding steroid dienone is 1. The predicted octanol–water partition coefficient (Wildman–Crippen LogP) is 6.82. The number of carbonyl (C=O) groups is 1. The van der Waals surface area contributed by atoms with E-state index in [1.165, 1.54) is 18.5 Å². The summed E-state index contributed by atoms with van der Waals surface area (Å²) in [5.74, 6) is -2.71. The number of nitrogens with one attached hydrogen (secondary N) is 2. The van der Waals surface area contributed by atoms with Crippen molar-refractivity contribution in [2.75, 3.05) is 6.54 Å². The van der Waals surface area contributed by atoms with Gasteiger partial charge in [0.2, 0.25) is 0 Å². The largest absolute Gasteiger partial charge is 0.368 e. The zero-order valence-electron chi connectivity index (χ0n) is 20.8. The Morgan fingerprint density at radius 2 is 2.00 bits per heavy atom. The van der Waals surface area contributed by atoms with Crippen molar-refractivity contribution in [3.05, 3.63) is 111 Å². The molecule has 1 aliphatic rings. The van der Waals surface area contributed by atoms with Gasteiger partial charge in [-0.05, 0) is 49.1 Å². The van der Waals surface area contributed by atoms with Crippen molar-refractivity contribution in [3.63, 3.8) is 0 Å². The lowest BCUT2D eigenvalue weighted by Crippen LogP contribution is -2.23. The minimum absolute atomic E-state index is 0.0588. The molecule has 9 heteroatoms. The number of hydrogen-bond donors (Lipinski definition) is 2. The van der Waals surface area contributed by atoms with Crippen LogP contribution in [-0.4, -0.2) is 27.3 Å². The Hall–Kier alpha value is -3.78. The van der Waals surface area contributed by atoms with E-state index in [1.807, 2.05) is 11.8 Å².